The van der Waals surface area contributed by atoms with Crippen LogP contribution in [0, 0.1) is 13.8 Å². The highest BCUT2D eigenvalue weighted by molar-refractivity contribution is 8.00. The summed E-state index contributed by atoms with van der Waals surface area (Å²) in [5.74, 6) is 0. The van der Waals surface area contributed by atoms with E-state index in [2.05, 4.69) is 5.10 Å². The summed E-state index contributed by atoms with van der Waals surface area (Å²) in [5, 5.41) is 4.08. The Morgan fingerprint density at radius 1 is 1.70 bits per heavy atom. The summed E-state index contributed by atoms with van der Waals surface area (Å²) < 4.78 is 1.96. The topological polar surface area (TPSA) is 17.8 Å². The minimum absolute atomic E-state index is 0.380. The highest BCUT2D eigenvalue weighted by Crippen LogP contribution is 2.00. The lowest BCUT2D eigenvalue weighted by molar-refractivity contribution is 0.906. The fraction of sp³-hybridized carbons (Fsp3) is 0.333. The third-order valence-corrected chi connectivity index (χ3v) is 1.53. The van der Waals surface area contributed by atoms with E-state index in [1.54, 1.807) is 4.68 Å². The zero-order valence-corrected chi connectivity index (χ0v) is 7.42. The van der Waals surface area contributed by atoms with Crippen molar-refractivity contribution in [3.63, 3.8) is 0 Å². The van der Waals surface area contributed by atoms with Crippen molar-refractivity contribution in [2.24, 2.45) is 0 Å². The van der Waals surface area contributed by atoms with Gasteiger partial charge in [0.1, 0.15) is 0 Å². The van der Waals surface area contributed by atoms with Crippen LogP contribution in [0.25, 0.3) is 0 Å². The first kappa shape index (κ1) is 7.63. The maximum Gasteiger partial charge on any atom is 0.0600 e. The Bertz CT molecular complexity index is 265. The van der Waals surface area contributed by atoms with Gasteiger partial charge in [0.05, 0.1) is 5.69 Å². The summed E-state index contributed by atoms with van der Waals surface area (Å²) >= 11 is 9.56. The first-order valence-electron chi connectivity index (χ1n) is 2.86. The van der Waals surface area contributed by atoms with E-state index in [0.717, 1.165) is 11.4 Å². The molecule has 0 aliphatic carbocycles. The molecule has 0 aliphatic rings. The van der Waals surface area contributed by atoms with E-state index in [9.17, 15) is 0 Å². The lowest BCUT2D eigenvalue weighted by Crippen LogP contribution is -2.08. The van der Waals surface area contributed by atoms with E-state index < -0.39 is 0 Å². The van der Waals surface area contributed by atoms with Crippen LogP contribution in [-0.4, -0.2) is 14.1 Å². The van der Waals surface area contributed by atoms with Crippen molar-refractivity contribution in [1.82, 2.24) is 9.78 Å². The number of thiocarbonyl (C=S) groups is 1. The highest BCUT2D eigenvalue weighted by Gasteiger charge is 1.96. The van der Waals surface area contributed by atoms with Crippen molar-refractivity contribution in [1.29, 1.82) is 0 Å². The molecule has 54 valence electrons. The van der Waals surface area contributed by atoms with Crippen molar-refractivity contribution < 1.29 is 0 Å². The van der Waals surface area contributed by atoms with Gasteiger partial charge in [-0.2, -0.15) is 5.10 Å². The summed E-state index contributed by atoms with van der Waals surface area (Å²) in [4.78, 5) is 0. The van der Waals surface area contributed by atoms with Gasteiger partial charge in [0.15, 0.2) is 0 Å². The van der Waals surface area contributed by atoms with Crippen LogP contribution in [0.5, 0.6) is 0 Å². The molecule has 0 saturated carbocycles. The Morgan fingerprint density at radius 2 is 2.30 bits per heavy atom. The van der Waals surface area contributed by atoms with E-state index in [4.69, 9.17) is 24.8 Å². The Morgan fingerprint density at radius 3 is 2.50 bits per heavy atom. The van der Waals surface area contributed by atoms with Crippen LogP contribution in [0.15, 0.2) is 6.07 Å². The molecule has 0 N–H and O–H groups in total. The number of aromatic nitrogens is 2. The molecule has 4 heteroatoms. The average Bonchev–Trinajstić information content (AvgIpc) is 2.10. The largest absolute Gasteiger partial charge is 0.409 e. The zero-order chi connectivity index (χ0) is 7.72. The van der Waals surface area contributed by atoms with Crippen LogP contribution in [-0.2, 0) is 12.6 Å². The predicted octanol–water partition coefficient (Wildman–Crippen LogP) is 1.18. The fourth-order valence-corrected chi connectivity index (χ4v) is 1.18. The third kappa shape index (κ3) is 1.33. The molecule has 10 heavy (non-hydrogen) atoms. The molecule has 0 unspecified atom stereocenters. The third-order valence-electron chi connectivity index (χ3n) is 1.18. The molecular formula is C6H7N2S2-. The Hall–Kier alpha value is -0.480. The van der Waals surface area contributed by atoms with Gasteiger partial charge >= 0.3 is 0 Å². The van der Waals surface area contributed by atoms with Crippen LogP contribution in [0.4, 0.5) is 0 Å². The second-order valence-corrected chi connectivity index (χ2v) is 3.14. The van der Waals surface area contributed by atoms with Gasteiger partial charge in [0, 0.05) is 5.69 Å². The Labute approximate surface area is 70.6 Å². The average molecular weight is 171 g/mol. The van der Waals surface area contributed by atoms with E-state index in [1.165, 1.54) is 0 Å². The molecule has 0 radical (unpaired) electrons. The standard InChI is InChI=1S/C6H8N2S2/c1-4-3-5(2)8(7-4)6(9)10/h3H,1-2H3,(H,9,10)/p-1. The summed E-state index contributed by atoms with van der Waals surface area (Å²) in [6, 6.07) is 1.94. The lowest BCUT2D eigenvalue weighted by atomic mass is 10.4. The van der Waals surface area contributed by atoms with Gasteiger partial charge in [-0.05, 0) is 24.2 Å². The Balaban J connectivity index is 3.15. The second-order valence-electron chi connectivity index (χ2n) is 2.10. The van der Waals surface area contributed by atoms with Gasteiger partial charge in [-0.3, -0.25) is 4.68 Å². The minimum atomic E-state index is 0.380. The molecule has 0 atom stereocenters. The molecule has 1 aromatic heterocycles. The van der Waals surface area contributed by atoms with Crippen molar-refractivity contribution in [3.8, 4) is 0 Å². The molecule has 0 amide bonds. The first-order chi connectivity index (χ1) is 4.61. The molecule has 0 aliphatic heterocycles. The zero-order valence-electron chi connectivity index (χ0n) is 5.79. The maximum absolute atomic E-state index is 4.78. The van der Waals surface area contributed by atoms with Crippen LogP contribution in [0.3, 0.4) is 0 Å². The van der Waals surface area contributed by atoms with Gasteiger partial charge in [-0.1, -0.05) is 0 Å². The first-order valence-corrected chi connectivity index (χ1v) is 3.67. The molecule has 1 rings (SSSR count). The number of aryl methyl sites for hydroxylation is 2. The molecule has 0 aromatic carbocycles. The van der Waals surface area contributed by atoms with Gasteiger partial charge in [-0.25, -0.2) is 0 Å². The molecule has 0 saturated heterocycles. The minimum Gasteiger partial charge on any atom is -0.409 e. The maximum atomic E-state index is 4.78. The highest BCUT2D eigenvalue weighted by atomic mass is 32.1. The quantitative estimate of drug-likeness (QED) is 0.431. The van der Waals surface area contributed by atoms with E-state index >= 15 is 0 Å². The molecule has 1 heterocycles. The SMILES string of the molecule is Cc1cc(C)n(C(=S)[S-])n1. The van der Waals surface area contributed by atoms with E-state index in [0.29, 0.717) is 4.32 Å². The summed E-state index contributed by atoms with van der Waals surface area (Å²) in [6.45, 7) is 3.84. The van der Waals surface area contributed by atoms with Gasteiger partial charge in [-0.15, -0.1) is 0 Å². The van der Waals surface area contributed by atoms with Crippen molar-refractivity contribution in [2.45, 2.75) is 13.8 Å². The van der Waals surface area contributed by atoms with E-state index in [-0.39, 0.29) is 0 Å². The molecule has 0 fully saturated rings. The van der Waals surface area contributed by atoms with Crippen LogP contribution in [0.2, 0.25) is 0 Å². The molecule has 0 spiro atoms. The number of rotatable bonds is 0. The van der Waals surface area contributed by atoms with Crippen LogP contribution >= 0.6 is 12.2 Å². The Kier molecular flexibility index (Phi) is 2.01. The normalized spacial score (nSPS) is 9.80. The van der Waals surface area contributed by atoms with Crippen molar-refractivity contribution >= 4 is 29.2 Å². The van der Waals surface area contributed by atoms with Crippen molar-refractivity contribution in [3.05, 3.63) is 17.5 Å². The van der Waals surface area contributed by atoms with Crippen LogP contribution in [0.1, 0.15) is 11.4 Å². The number of nitrogens with zero attached hydrogens (tertiary/aromatic N) is 2. The summed E-state index contributed by atoms with van der Waals surface area (Å²) in [7, 11) is 0. The van der Waals surface area contributed by atoms with Crippen LogP contribution < -0.4 is 0 Å². The van der Waals surface area contributed by atoms with Gasteiger partial charge in [0.25, 0.3) is 0 Å². The number of hydrogen-bond donors (Lipinski definition) is 0. The summed E-state index contributed by atoms with van der Waals surface area (Å²) in [6.07, 6.45) is 0. The molecule has 1 aromatic rings. The summed E-state index contributed by atoms with van der Waals surface area (Å²) in [5.41, 5.74) is 1.95. The second kappa shape index (κ2) is 2.64. The lowest BCUT2D eigenvalue weighted by Gasteiger charge is -2.06. The van der Waals surface area contributed by atoms with Crippen molar-refractivity contribution in [2.75, 3.05) is 0 Å². The smallest absolute Gasteiger partial charge is 0.0600 e. The predicted molar refractivity (Wildman–Crippen MR) is 47.1 cm³/mol. The van der Waals surface area contributed by atoms with E-state index in [1.807, 2.05) is 19.9 Å². The monoisotopic (exact) mass is 171 g/mol. The van der Waals surface area contributed by atoms with Gasteiger partial charge in [0.2, 0.25) is 0 Å². The molecule has 2 nitrogen and oxygen atoms in total. The fourth-order valence-electron chi connectivity index (χ4n) is 0.814. The molecule has 0 bridgehead atoms. The number of hydrogen-bond acceptors (Lipinski definition) is 3. The van der Waals surface area contributed by atoms with Gasteiger partial charge < -0.3 is 24.8 Å². The molecular weight excluding hydrogens is 164 g/mol.